The molecular formula is C15H20BrNO. The predicted octanol–water partition coefficient (Wildman–Crippen LogP) is 3.40. The van der Waals surface area contributed by atoms with E-state index in [1.54, 1.807) is 0 Å². The van der Waals surface area contributed by atoms with E-state index in [2.05, 4.69) is 48.0 Å². The number of likely N-dealkylation sites (tertiary alicyclic amines) is 1. The third-order valence-corrected chi connectivity index (χ3v) is 4.16. The second kappa shape index (κ2) is 5.87. The average Bonchev–Trinajstić information content (AvgIpc) is 2.37. The lowest BCUT2D eigenvalue weighted by atomic mass is 9.88. The lowest BCUT2D eigenvalue weighted by Gasteiger charge is -2.32. The number of hydrogen-bond acceptors (Lipinski definition) is 1. The van der Waals surface area contributed by atoms with Gasteiger partial charge in [-0.25, -0.2) is 0 Å². The van der Waals surface area contributed by atoms with Crippen molar-refractivity contribution < 1.29 is 4.79 Å². The Morgan fingerprint density at radius 3 is 2.28 bits per heavy atom. The number of nitrogens with zero attached hydrogens (tertiary/aromatic N) is 1. The lowest BCUT2D eigenvalue weighted by Crippen LogP contribution is -2.38. The van der Waals surface area contributed by atoms with Crippen LogP contribution in [0.2, 0.25) is 0 Å². The topological polar surface area (TPSA) is 20.3 Å². The highest BCUT2D eigenvalue weighted by molar-refractivity contribution is 9.09. The van der Waals surface area contributed by atoms with Gasteiger partial charge in [0.1, 0.15) is 0 Å². The van der Waals surface area contributed by atoms with Gasteiger partial charge in [-0.05, 0) is 38.2 Å². The lowest BCUT2D eigenvalue weighted by molar-refractivity contribution is -0.129. The standard InChI is InChI=1S/C15H20BrNO/c1-11-7-12(2)9-14(8-11)13-3-5-17(6-4-13)15(18)10-16/h7-9,13H,3-6,10H2,1-2H3. The summed E-state index contributed by atoms with van der Waals surface area (Å²) in [6, 6.07) is 6.80. The third-order valence-electron chi connectivity index (χ3n) is 3.68. The first-order valence-electron chi connectivity index (χ1n) is 6.52. The number of alkyl halides is 1. The van der Waals surface area contributed by atoms with Gasteiger partial charge in [0.25, 0.3) is 0 Å². The number of carbonyl (C=O) groups is 1. The van der Waals surface area contributed by atoms with E-state index in [9.17, 15) is 4.79 Å². The Morgan fingerprint density at radius 2 is 1.78 bits per heavy atom. The molecule has 1 aliphatic heterocycles. The largest absolute Gasteiger partial charge is 0.342 e. The molecule has 2 nitrogen and oxygen atoms in total. The van der Waals surface area contributed by atoms with Gasteiger partial charge >= 0.3 is 0 Å². The second-order valence-corrected chi connectivity index (χ2v) is 5.77. The average molecular weight is 310 g/mol. The zero-order valence-corrected chi connectivity index (χ0v) is 12.7. The van der Waals surface area contributed by atoms with Crippen molar-refractivity contribution in [2.75, 3.05) is 18.4 Å². The minimum atomic E-state index is 0.217. The van der Waals surface area contributed by atoms with Crippen molar-refractivity contribution in [3.05, 3.63) is 34.9 Å². The van der Waals surface area contributed by atoms with Gasteiger partial charge in [0.15, 0.2) is 0 Å². The van der Waals surface area contributed by atoms with Crippen molar-refractivity contribution in [3.63, 3.8) is 0 Å². The number of hydrogen-bond donors (Lipinski definition) is 0. The van der Waals surface area contributed by atoms with Gasteiger partial charge in [-0.1, -0.05) is 45.3 Å². The Balaban J connectivity index is 2.03. The normalized spacial score (nSPS) is 16.9. The monoisotopic (exact) mass is 309 g/mol. The van der Waals surface area contributed by atoms with Crippen LogP contribution in [0.25, 0.3) is 0 Å². The van der Waals surface area contributed by atoms with Crippen LogP contribution >= 0.6 is 15.9 Å². The predicted molar refractivity (Wildman–Crippen MR) is 78.3 cm³/mol. The number of amides is 1. The molecule has 3 heteroatoms. The Hall–Kier alpha value is -0.830. The molecular weight excluding hydrogens is 290 g/mol. The minimum absolute atomic E-state index is 0.217. The molecule has 1 aromatic carbocycles. The van der Waals surface area contributed by atoms with Crippen LogP contribution < -0.4 is 0 Å². The molecule has 98 valence electrons. The molecule has 0 bridgehead atoms. The van der Waals surface area contributed by atoms with Gasteiger partial charge in [0, 0.05) is 13.1 Å². The van der Waals surface area contributed by atoms with E-state index in [4.69, 9.17) is 0 Å². The maximum Gasteiger partial charge on any atom is 0.233 e. The van der Waals surface area contributed by atoms with Crippen molar-refractivity contribution in [1.82, 2.24) is 4.90 Å². The van der Waals surface area contributed by atoms with E-state index in [-0.39, 0.29) is 5.91 Å². The number of carbonyl (C=O) groups excluding carboxylic acids is 1. The Bertz CT molecular complexity index is 416. The van der Waals surface area contributed by atoms with Crippen LogP contribution in [0.15, 0.2) is 18.2 Å². The van der Waals surface area contributed by atoms with E-state index in [1.165, 1.54) is 16.7 Å². The molecule has 0 radical (unpaired) electrons. The Kier molecular flexibility index (Phi) is 4.44. The molecule has 0 spiro atoms. The number of rotatable bonds is 2. The first-order chi connectivity index (χ1) is 8.60. The van der Waals surface area contributed by atoms with E-state index >= 15 is 0 Å². The van der Waals surface area contributed by atoms with Crippen molar-refractivity contribution in [3.8, 4) is 0 Å². The van der Waals surface area contributed by atoms with Gasteiger partial charge in [0.2, 0.25) is 5.91 Å². The quantitative estimate of drug-likeness (QED) is 0.767. The van der Waals surface area contributed by atoms with Gasteiger partial charge in [-0.3, -0.25) is 4.79 Å². The highest BCUT2D eigenvalue weighted by Crippen LogP contribution is 2.29. The van der Waals surface area contributed by atoms with Crippen LogP contribution in [0.3, 0.4) is 0 Å². The maximum absolute atomic E-state index is 11.6. The first-order valence-corrected chi connectivity index (χ1v) is 7.64. The highest BCUT2D eigenvalue weighted by atomic mass is 79.9. The van der Waals surface area contributed by atoms with Crippen LogP contribution in [0.1, 0.15) is 35.4 Å². The maximum atomic E-state index is 11.6. The summed E-state index contributed by atoms with van der Waals surface area (Å²) in [5.41, 5.74) is 4.12. The molecule has 1 fully saturated rings. The molecule has 1 aliphatic rings. The van der Waals surface area contributed by atoms with Crippen LogP contribution in [0, 0.1) is 13.8 Å². The van der Waals surface area contributed by atoms with Gasteiger partial charge in [0.05, 0.1) is 5.33 Å². The smallest absolute Gasteiger partial charge is 0.233 e. The molecule has 0 aliphatic carbocycles. The van der Waals surface area contributed by atoms with Gasteiger partial charge in [-0.15, -0.1) is 0 Å². The Labute approximate surface area is 117 Å². The second-order valence-electron chi connectivity index (χ2n) is 5.21. The zero-order valence-electron chi connectivity index (χ0n) is 11.1. The van der Waals surface area contributed by atoms with E-state index in [0.29, 0.717) is 11.2 Å². The summed E-state index contributed by atoms with van der Waals surface area (Å²) < 4.78 is 0. The number of halogens is 1. The number of aryl methyl sites for hydroxylation is 2. The van der Waals surface area contributed by atoms with Crippen molar-refractivity contribution in [2.24, 2.45) is 0 Å². The SMILES string of the molecule is Cc1cc(C)cc(C2CCN(C(=O)CBr)CC2)c1. The molecule has 0 saturated carbocycles. The summed E-state index contributed by atoms with van der Waals surface area (Å²) in [5.74, 6) is 0.830. The van der Waals surface area contributed by atoms with Crippen molar-refractivity contribution in [1.29, 1.82) is 0 Å². The summed E-state index contributed by atoms with van der Waals surface area (Å²) in [6.07, 6.45) is 2.17. The van der Waals surface area contributed by atoms with Gasteiger partial charge in [-0.2, -0.15) is 0 Å². The number of benzene rings is 1. The molecule has 2 rings (SSSR count). The van der Waals surface area contributed by atoms with Gasteiger partial charge < -0.3 is 4.90 Å². The van der Waals surface area contributed by atoms with E-state index in [0.717, 1.165) is 25.9 Å². The van der Waals surface area contributed by atoms with Crippen LogP contribution in [0.4, 0.5) is 0 Å². The molecule has 18 heavy (non-hydrogen) atoms. The van der Waals surface area contributed by atoms with Crippen LogP contribution in [0.5, 0.6) is 0 Å². The third kappa shape index (κ3) is 3.14. The summed E-state index contributed by atoms with van der Waals surface area (Å²) in [6.45, 7) is 6.09. The molecule has 0 aromatic heterocycles. The summed E-state index contributed by atoms with van der Waals surface area (Å²) in [7, 11) is 0. The van der Waals surface area contributed by atoms with Crippen molar-refractivity contribution >= 4 is 21.8 Å². The van der Waals surface area contributed by atoms with Crippen LogP contribution in [-0.4, -0.2) is 29.2 Å². The van der Waals surface area contributed by atoms with E-state index in [1.807, 2.05) is 4.90 Å². The first kappa shape index (κ1) is 13.6. The molecule has 0 N–H and O–H groups in total. The molecule has 1 heterocycles. The minimum Gasteiger partial charge on any atom is -0.342 e. The fourth-order valence-electron chi connectivity index (χ4n) is 2.79. The zero-order chi connectivity index (χ0) is 13.1. The highest BCUT2D eigenvalue weighted by Gasteiger charge is 2.23. The van der Waals surface area contributed by atoms with Crippen LogP contribution in [-0.2, 0) is 4.79 Å². The molecule has 1 aromatic rings. The van der Waals surface area contributed by atoms with E-state index < -0.39 is 0 Å². The summed E-state index contributed by atoms with van der Waals surface area (Å²) in [5, 5.41) is 0.446. The number of piperidine rings is 1. The molecule has 1 amide bonds. The van der Waals surface area contributed by atoms with Crippen molar-refractivity contribution in [2.45, 2.75) is 32.6 Å². The molecule has 1 saturated heterocycles. The Morgan fingerprint density at radius 1 is 1.22 bits per heavy atom. The fraction of sp³-hybridized carbons (Fsp3) is 0.533. The molecule has 0 atom stereocenters. The molecule has 0 unspecified atom stereocenters. The fourth-order valence-corrected chi connectivity index (χ4v) is 3.15. The summed E-state index contributed by atoms with van der Waals surface area (Å²) in [4.78, 5) is 13.6. The summed E-state index contributed by atoms with van der Waals surface area (Å²) >= 11 is 3.24.